The van der Waals surface area contributed by atoms with Crippen LogP contribution in [0.5, 0.6) is 0 Å². The number of halogens is 1. The summed E-state index contributed by atoms with van der Waals surface area (Å²) in [5, 5.41) is 12.4. The number of rotatable bonds is 2. The first-order valence-corrected chi connectivity index (χ1v) is 5.67. The third kappa shape index (κ3) is 2.74. The molecule has 0 radical (unpaired) electrons. The number of carbonyl (C=O) groups is 1. The van der Waals surface area contributed by atoms with Gasteiger partial charge in [0.2, 0.25) is 0 Å². The number of piperidine rings is 1. The van der Waals surface area contributed by atoms with Crippen LogP contribution in [-0.4, -0.2) is 30.3 Å². The zero-order chi connectivity index (χ0) is 12.3. The average Bonchev–Trinajstić information content (AvgIpc) is 2.33. The van der Waals surface area contributed by atoms with Gasteiger partial charge in [-0.2, -0.15) is 0 Å². The van der Waals surface area contributed by atoms with Crippen molar-refractivity contribution in [2.75, 3.05) is 18.0 Å². The summed E-state index contributed by atoms with van der Waals surface area (Å²) in [4.78, 5) is 12.6. The van der Waals surface area contributed by atoms with Gasteiger partial charge in [0.05, 0.1) is 6.04 Å². The fourth-order valence-corrected chi connectivity index (χ4v) is 2.13. The minimum atomic E-state index is -0.995. The maximum atomic E-state index is 12.8. The molecule has 5 heteroatoms. The molecular weight excluding hydrogens is 223 g/mol. The summed E-state index contributed by atoms with van der Waals surface area (Å²) >= 11 is 0. The van der Waals surface area contributed by atoms with E-state index in [0.717, 1.165) is 19.4 Å². The molecule has 1 heterocycles. The van der Waals surface area contributed by atoms with Gasteiger partial charge >= 0.3 is 6.09 Å². The van der Waals surface area contributed by atoms with Crippen LogP contribution in [0.1, 0.15) is 12.8 Å². The molecule has 2 N–H and O–H groups in total. The van der Waals surface area contributed by atoms with Crippen LogP contribution in [0.4, 0.5) is 14.9 Å². The Kier molecular flexibility index (Phi) is 3.58. The molecule has 0 spiro atoms. The van der Waals surface area contributed by atoms with Crippen LogP contribution in [0.15, 0.2) is 24.3 Å². The molecule has 2 rings (SSSR count). The van der Waals surface area contributed by atoms with Crippen LogP contribution < -0.4 is 10.2 Å². The van der Waals surface area contributed by atoms with E-state index in [2.05, 4.69) is 5.32 Å². The Labute approximate surface area is 99.0 Å². The molecule has 1 fully saturated rings. The van der Waals surface area contributed by atoms with Gasteiger partial charge < -0.3 is 10.4 Å². The highest BCUT2D eigenvalue weighted by Crippen LogP contribution is 2.21. The van der Waals surface area contributed by atoms with Gasteiger partial charge in [-0.05, 0) is 43.7 Å². The normalized spacial score (nSPS) is 19.9. The van der Waals surface area contributed by atoms with E-state index in [1.54, 1.807) is 0 Å². The summed E-state index contributed by atoms with van der Waals surface area (Å²) in [6.07, 6.45) is 0.789. The number of anilines is 1. The number of carboxylic acid groups (broad SMARTS) is 1. The van der Waals surface area contributed by atoms with Gasteiger partial charge in [-0.3, -0.25) is 4.90 Å². The topological polar surface area (TPSA) is 52.6 Å². The second kappa shape index (κ2) is 5.14. The molecule has 17 heavy (non-hydrogen) atoms. The first-order valence-electron chi connectivity index (χ1n) is 5.67. The Bertz CT molecular complexity index is 388. The molecule has 1 aliphatic heterocycles. The standard InChI is InChI=1S/C12H15FN2O2/c13-9-3-5-10(6-4-9)15(12(16)17)11-2-1-7-14-8-11/h3-6,11,14H,1-2,7-8H2,(H,16,17)/t11-/m0/s1. The summed E-state index contributed by atoms with van der Waals surface area (Å²) in [6.45, 7) is 1.57. The number of hydrogen-bond donors (Lipinski definition) is 2. The highest BCUT2D eigenvalue weighted by Gasteiger charge is 2.26. The summed E-state index contributed by atoms with van der Waals surface area (Å²) in [5.74, 6) is -0.360. The Morgan fingerprint density at radius 1 is 1.41 bits per heavy atom. The maximum absolute atomic E-state index is 12.8. The average molecular weight is 238 g/mol. The largest absolute Gasteiger partial charge is 0.465 e. The van der Waals surface area contributed by atoms with E-state index in [1.165, 1.54) is 29.2 Å². The van der Waals surface area contributed by atoms with E-state index < -0.39 is 6.09 Å². The van der Waals surface area contributed by atoms with Crippen LogP contribution in [-0.2, 0) is 0 Å². The van der Waals surface area contributed by atoms with Gasteiger partial charge in [-0.15, -0.1) is 0 Å². The lowest BCUT2D eigenvalue weighted by Crippen LogP contribution is -2.48. The van der Waals surface area contributed by atoms with Gasteiger partial charge in [0.25, 0.3) is 0 Å². The summed E-state index contributed by atoms with van der Waals surface area (Å²) in [7, 11) is 0. The van der Waals surface area contributed by atoms with Crippen molar-refractivity contribution in [3.63, 3.8) is 0 Å². The molecular formula is C12H15FN2O2. The van der Waals surface area contributed by atoms with E-state index >= 15 is 0 Å². The van der Waals surface area contributed by atoms with Crippen LogP contribution in [0, 0.1) is 5.82 Å². The van der Waals surface area contributed by atoms with Crippen molar-refractivity contribution >= 4 is 11.8 Å². The fourth-order valence-electron chi connectivity index (χ4n) is 2.13. The molecule has 1 amide bonds. The van der Waals surface area contributed by atoms with Crippen molar-refractivity contribution < 1.29 is 14.3 Å². The van der Waals surface area contributed by atoms with Crippen molar-refractivity contribution in [1.29, 1.82) is 0 Å². The van der Waals surface area contributed by atoms with Crippen molar-refractivity contribution in [2.24, 2.45) is 0 Å². The number of hydrogen-bond acceptors (Lipinski definition) is 2. The molecule has 1 saturated heterocycles. The van der Waals surface area contributed by atoms with E-state index in [4.69, 9.17) is 0 Å². The highest BCUT2D eigenvalue weighted by atomic mass is 19.1. The molecule has 1 aromatic rings. The monoisotopic (exact) mass is 238 g/mol. The maximum Gasteiger partial charge on any atom is 0.412 e. The smallest absolute Gasteiger partial charge is 0.412 e. The molecule has 1 atom stereocenters. The molecule has 0 aromatic heterocycles. The molecule has 1 aromatic carbocycles. The van der Waals surface area contributed by atoms with E-state index in [-0.39, 0.29) is 11.9 Å². The number of nitrogens with one attached hydrogen (secondary N) is 1. The Balaban J connectivity index is 2.21. The molecule has 0 aliphatic carbocycles. The SMILES string of the molecule is O=C(O)N(c1ccc(F)cc1)[C@H]1CCCNC1. The summed E-state index contributed by atoms with van der Waals surface area (Å²) in [5.41, 5.74) is 0.521. The molecule has 4 nitrogen and oxygen atoms in total. The van der Waals surface area contributed by atoms with Gasteiger partial charge in [-0.25, -0.2) is 9.18 Å². The predicted molar refractivity (Wildman–Crippen MR) is 62.8 cm³/mol. The Morgan fingerprint density at radius 3 is 2.65 bits per heavy atom. The zero-order valence-corrected chi connectivity index (χ0v) is 9.40. The quantitative estimate of drug-likeness (QED) is 0.829. The number of benzene rings is 1. The van der Waals surface area contributed by atoms with Gasteiger partial charge in [0, 0.05) is 12.2 Å². The Hall–Kier alpha value is -1.62. The zero-order valence-electron chi connectivity index (χ0n) is 9.40. The van der Waals surface area contributed by atoms with Gasteiger partial charge in [0.1, 0.15) is 5.82 Å². The van der Waals surface area contributed by atoms with Gasteiger partial charge in [-0.1, -0.05) is 0 Å². The van der Waals surface area contributed by atoms with Crippen LogP contribution in [0.2, 0.25) is 0 Å². The number of amides is 1. The molecule has 0 saturated carbocycles. The van der Waals surface area contributed by atoms with E-state index in [9.17, 15) is 14.3 Å². The third-order valence-electron chi connectivity index (χ3n) is 2.95. The van der Waals surface area contributed by atoms with E-state index in [0.29, 0.717) is 12.2 Å². The van der Waals surface area contributed by atoms with Crippen molar-refractivity contribution in [3.05, 3.63) is 30.1 Å². The van der Waals surface area contributed by atoms with Crippen molar-refractivity contribution in [1.82, 2.24) is 5.32 Å². The number of nitrogens with zero attached hydrogens (tertiary/aromatic N) is 1. The summed E-state index contributed by atoms with van der Waals surface area (Å²) < 4.78 is 12.8. The van der Waals surface area contributed by atoms with Crippen LogP contribution in [0.3, 0.4) is 0 Å². The minimum absolute atomic E-state index is 0.0771. The lowest BCUT2D eigenvalue weighted by molar-refractivity contribution is 0.197. The third-order valence-corrected chi connectivity index (χ3v) is 2.95. The minimum Gasteiger partial charge on any atom is -0.465 e. The van der Waals surface area contributed by atoms with Gasteiger partial charge in [0.15, 0.2) is 0 Å². The lowest BCUT2D eigenvalue weighted by Gasteiger charge is -2.32. The molecule has 1 aliphatic rings. The Morgan fingerprint density at radius 2 is 2.12 bits per heavy atom. The molecule has 0 unspecified atom stereocenters. The lowest BCUT2D eigenvalue weighted by atomic mass is 10.1. The predicted octanol–water partition coefficient (Wildman–Crippen LogP) is 2.06. The van der Waals surface area contributed by atoms with E-state index in [1.807, 2.05) is 0 Å². The highest BCUT2D eigenvalue weighted by molar-refractivity contribution is 5.86. The molecule has 0 bridgehead atoms. The van der Waals surface area contributed by atoms with Crippen LogP contribution >= 0.6 is 0 Å². The van der Waals surface area contributed by atoms with Crippen molar-refractivity contribution in [3.8, 4) is 0 Å². The second-order valence-corrected chi connectivity index (χ2v) is 4.13. The fraction of sp³-hybridized carbons (Fsp3) is 0.417. The first kappa shape index (κ1) is 11.9. The summed E-state index contributed by atoms with van der Waals surface area (Å²) in [6, 6.07) is 5.48. The second-order valence-electron chi connectivity index (χ2n) is 4.13. The molecule has 92 valence electrons. The van der Waals surface area contributed by atoms with Crippen molar-refractivity contribution in [2.45, 2.75) is 18.9 Å². The first-order chi connectivity index (χ1) is 8.18. The van der Waals surface area contributed by atoms with Crippen LogP contribution in [0.25, 0.3) is 0 Å².